The van der Waals surface area contributed by atoms with E-state index in [0.29, 0.717) is 12.2 Å². The smallest absolute Gasteiger partial charge is 0.324 e. The number of rotatable bonds is 2. The second kappa shape index (κ2) is 3.61. The number of hydrogen-bond donors (Lipinski definition) is 0. The van der Waals surface area contributed by atoms with Crippen LogP contribution in [0, 0.1) is 5.92 Å². The zero-order valence-electron chi connectivity index (χ0n) is 9.46. The molecule has 1 aliphatic heterocycles. The van der Waals surface area contributed by atoms with Gasteiger partial charge >= 0.3 is 9.24 Å². The molecule has 18 heavy (non-hydrogen) atoms. The molecule has 0 aromatic heterocycles. The average molecular weight is 288 g/mol. The Morgan fingerprint density at radius 2 is 2.17 bits per heavy atom. The maximum absolute atomic E-state index is 11.7. The van der Waals surface area contributed by atoms with Crippen LogP contribution in [0.1, 0.15) is 17.2 Å². The Hall–Kier alpha value is -1.27. The summed E-state index contributed by atoms with van der Waals surface area (Å²) in [7, 11) is 2.80. The monoisotopic (exact) mass is 287 g/mol. The van der Waals surface area contributed by atoms with Gasteiger partial charge in [-0.1, -0.05) is 6.07 Å². The van der Waals surface area contributed by atoms with E-state index in [4.69, 9.17) is 15.4 Å². The highest BCUT2D eigenvalue weighted by Gasteiger charge is 2.57. The molecule has 1 saturated heterocycles. The molecule has 0 spiro atoms. The maximum atomic E-state index is 11.7. The second-order valence-corrected chi connectivity index (χ2v) is 6.78. The fourth-order valence-electron chi connectivity index (χ4n) is 2.70. The third-order valence-corrected chi connectivity index (χ3v) is 4.84. The zero-order valence-corrected chi connectivity index (χ0v) is 11.0. The van der Waals surface area contributed by atoms with E-state index in [1.165, 1.54) is 7.11 Å². The molecule has 1 aliphatic carbocycles. The van der Waals surface area contributed by atoms with Crippen LogP contribution in [0.5, 0.6) is 5.75 Å². The molecule has 1 aromatic rings. The van der Waals surface area contributed by atoms with Crippen molar-refractivity contribution in [3.8, 4) is 5.75 Å². The highest BCUT2D eigenvalue weighted by molar-refractivity contribution is 8.12. The maximum Gasteiger partial charge on any atom is 0.324 e. The molecule has 0 radical (unpaired) electrons. The van der Waals surface area contributed by atoms with Gasteiger partial charge in [0, 0.05) is 10.7 Å². The molecular formula is C11H10ClNO4S. The lowest BCUT2D eigenvalue weighted by Gasteiger charge is -2.40. The van der Waals surface area contributed by atoms with E-state index in [-0.39, 0.29) is 5.92 Å². The van der Waals surface area contributed by atoms with E-state index in [0.717, 1.165) is 15.4 Å². The number of hydrogen-bond acceptors (Lipinski definition) is 4. The standard InChI is InChI=1S/C11H10ClNO4S/c1-17-7-3-2-6-4-9-10(8(6)5-7)13(11(9)14)18(12,15)16/h2-3,5,9-10H,4H2,1H3. The molecular weight excluding hydrogens is 278 g/mol. The van der Waals surface area contributed by atoms with Crippen LogP contribution < -0.4 is 4.74 Å². The van der Waals surface area contributed by atoms with Gasteiger partial charge in [0.2, 0.25) is 5.91 Å². The van der Waals surface area contributed by atoms with Crippen LogP contribution >= 0.6 is 10.7 Å². The van der Waals surface area contributed by atoms with Crippen LogP contribution in [-0.2, 0) is 20.5 Å². The lowest BCUT2D eigenvalue weighted by atomic mass is 9.91. The van der Waals surface area contributed by atoms with Crippen molar-refractivity contribution in [2.24, 2.45) is 5.92 Å². The van der Waals surface area contributed by atoms with Crippen molar-refractivity contribution in [2.45, 2.75) is 12.5 Å². The highest BCUT2D eigenvalue weighted by atomic mass is 35.7. The van der Waals surface area contributed by atoms with Gasteiger partial charge in [-0.15, -0.1) is 0 Å². The van der Waals surface area contributed by atoms with Gasteiger partial charge in [0.25, 0.3) is 0 Å². The number of methoxy groups -OCH3 is 1. The van der Waals surface area contributed by atoms with E-state index in [1.807, 2.05) is 6.07 Å². The van der Waals surface area contributed by atoms with Crippen molar-refractivity contribution in [3.63, 3.8) is 0 Å². The number of carbonyl (C=O) groups is 1. The number of carbonyl (C=O) groups excluding carboxylic acids is 1. The Morgan fingerprint density at radius 1 is 1.44 bits per heavy atom. The summed E-state index contributed by atoms with van der Waals surface area (Å²) < 4.78 is 28.6. The Morgan fingerprint density at radius 3 is 2.78 bits per heavy atom. The fraction of sp³-hybridized carbons (Fsp3) is 0.364. The van der Waals surface area contributed by atoms with Gasteiger partial charge in [-0.25, -0.2) is 4.31 Å². The van der Waals surface area contributed by atoms with Crippen molar-refractivity contribution < 1.29 is 17.9 Å². The first-order chi connectivity index (χ1) is 8.43. The third-order valence-electron chi connectivity index (χ3n) is 3.51. The van der Waals surface area contributed by atoms with Crippen molar-refractivity contribution in [1.82, 2.24) is 4.31 Å². The molecule has 96 valence electrons. The molecule has 5 nitrogen and oxygen atoms in total. The van der Waals surface area contributed by atoms with E-state index in [1.54, 1.807) is 12.1 Å². The summed E-state index contributed by atoms with van der Waals surface area (Å²) in [4.78, 5) is 11.7. The lowest BCUT2D eigenvalue weighted by Crippen LogP contribution is -2.54. The topological polar surface area (TPSA) is 63.7 Å². The van der Waals surface area contributed by atoms with E-state index in [2.05, 4.69) is 0 Å². The third kappa shape index (κ3) is 1.45. The Balaban J connectivity index is 2.07. The van der Waals surface area contributed by atoms with Gasteiger partial charge in [-0.05, 0) is 29.7 Å². The number of ether oxygens (including phenoxy) is 1. The first kappa shape index (κ1) is 11.8. The van der Waals surface area contributed by atoms with Gasteiger partial charge in [0.15, 0.2) is 0 Å². The molecule has 2 atom stereocenters. The second-order valence-electron chi connectivity index (χ2n) is 4.40. The molecule has 1 amide bonds. The summed E-state index contributed by atoms with van der Waals surface area (Å²) in [5, 5.41) is 0. The largest absolute Gasteiger partial charge is 0.497 e. The molecule has 1 fully saturated rings. The Bertz CT molecular complexity index is 642. The summed E-state index contributed by atoms with van der Waals surface area (Å²) in [5.41, 5.74) is 1.78. The Labute approximate surface area is 109 Å². The minimum atomic E-state index is -4.02. The highest BCUT2D eigenvalue weighted by Crippen LogP contribution is 2.51. The minimum Gasteiger partial charge on any atom is -0.497 e. The number of fused-ring (bicyclic) bond motifs is 3. The summed E-state index contributed by atoms with van der Waals surface area (Å²) in [5.74, 6) is -0.0912. The van der Waals surface area contributed by atoms with Crippen LogP contribution in [0.25, 0.3) is 0 Å². The summed E-state index contributed by atoms with van der Waals surface area (Å²) >= 11 is 0. The molecule has 7 heteroatoms. The molecule has 0 bridgehead atoms. The molecule has 0 saturated carbocycles. The van der Waals surface area contributed by atoms with Gasteiger partial charge in [-0.3, -0.25) is 4.79 Å². The average Bonchev–Trinajstić information content (AvgIpc) is 2.61. The molecule has 2 unspecified atom stereocenters. The van der Waals surface area contributed by atoms with Crippen LogP contribution in [-0.4, -0.2) is 25.7 Å². The quantitative estimate of drug-likeness (QED) is 0.606. The number of halogens is 1. The molecule has 3 rings (SSSR count). The van der Waals surface area contributed by atoms with Crippen LogP contribution in [0.3, 0.4) is 0 Å². The van der Waals surface area contributed by atoms with Crippen LogP contribution in [0.4, 0.5) is 0 Å². The fourth-order valence-corrected chi connectivity index (χ4v) is 4.04. The SMILES string of the molecule is COc1ccc2c(c1)C1C(C2)C(=O)N1S(=O)(=O)Cl. The van der Waals surface area contributed by atoms with Gasteiger partial charge in [-0.2, -0.15) is 8.42 Å². The predicted molar refractivity (Wildman–Crippen MR) is 64.5 cm³/mol. The number of amides is 1. The van der Waals surface area contributed by atoms with E-state index < -0.39 is 21.2 Å². The normalized spacial score (nSPS) is 25.4. The van der Waals surface area contributed by atoms with Crippen molar-refractivity contribution in [3.05, 3.63) is 29.3 Å². The minimum absolute atomic E-state index is 0.305. The molecule has 1 heterocycles. The summed E-state index contributed by atoms with van der Waals surface area (Å²) in [6.45, 7) is 0. The summed E-state index contributed by atoms with van der Waals surface area (Å²) in [6.07, 6.45) is 0.561. The molecule has 0 N–H and O–H groups in total. The molecule has 1 aromatic carbocycles. The number of β-lactam (4-membered cyclic amide) rings is 1. The molecule has 2 aliphatic rings. The van der Waals surface area contributed by atoms with Gasteiger partial charge in [0.05, 0.1) is 19.1 Å². The van der Waals surface area contributed by atoms with Gasteiger partial charge in [0.1, 0.15) is 5.75 Å². The van der Waals surface area contributed by atoms with Gasteiger partial charge < -0.3 is 4.74 Å². The number of benzene rings is 1. The van der Waals surface area contributed by atoms with E-state index >= 15 is 0 Å². The number of nitrogens with zero attached hydrogens (tertiary/aromatic N) is 1. The van der Waals surface area contributed by atoms with Crippen molar-refractivity contribution in [1.29, 1.82) is 0 Å². The first-order valence-electron chi connectivity index (χ1n) is 5.38. The van der Waals surface area contributed by atoms with Crippen molar-refractivity contribution >= 4 is 25.8 Å². The van der Waals surface area contributed by atoms with Crippen molar-refractivity contribution in [2.75, 3.05) is 7.11 Å². The van der Waals surface area contributed by atoms with Crippen LogP contribution in [0.2, 0.25) is 0 Å². The lowest BCUT2D eigenvalue weighted by molar-refractivity contribution is -0.145. The summed E-state index contributed by atoms with van der Waals surface area (Å²) in [6, 6.07) is 4.96. The predicted octanol–water partition coefficient (Wildman–Crippen LogP) is 1.23. The van der Waals surface area contributed by atoms with Crippen LogP contribution in [0.15, 0.2) is 18.2 Å². The zero-order chi connectivity index (χ0) is 13.1. The van der Waals surface area contributed by atoms with E-state index in [9.17, 15) is 13.2 Å². The first-order valence-corrected chi connectivity index (χ1v) is 7.65. The Kier molecular flexibility index (Phi) is 2.37.